The number of nitrogens with one attached hydrogen (secondary N) is 1. The van der Waals surface area contributed by atoms with Gasteiger partial charge in [-0.2, -0.15) is 0 Å². The molecule has 0 unspecified atom stereocenters. The molecule has 0 aliphatic rings. The highest BCUT2D eigenvalue weighted by Crippen LogP contribution is 2.21. The second kappa shape index (κ2) is 1.57. The van der Waals surface area contributed by atoms with Crippen molar-refractivity contribution in [2.75, 3.05) is 0 Å². The van der Waals surface area contributed by atoms with Gasteiger partial charge in [0, 0.05) is 12.3 Å². The molecule has 2 aromatic rings. The van der Waals surface area contributed by atoms with Crippen LogP contribution in [0.25, 0.3) is 11.1 Å². The predicted octanol–water partition coefficient (Wildman–Crippen LogP) is 2.05. The van der Waals surface area contributed by atoms with Crippen LogP contribution in [0.3, 0.4) is 0 Å². The largest absolute Gasteiger partial charge is 0.461 e. The molecule has 0 atom stereocenters. The minimum atomic E-state index is 0.832. The Morgan fingerprint density at radius 1 is 1.56 bits per heavy atom. The van der Waals surface area contributed by atoms with Crippen LogP contribution in [0.4, 0.5) is 0 Å². The first-order chi connectivity index (χ1) is 4.38. The molecule has 2 rings (SSSR count). The van der Waals surface area contributed by atoms with E-state index in [0.717, 1.165) is 16.0 Å². The van der Waals surface area contributed by atoms with Crippen LogP contribution in [0.2, 0.25) is 0 Å². The zero-order valence-electron chi connectivity index (χ0n) is 4.59. The van der Waals surface area contributed by atoms with Gasteiger partial charge in [0.25, 0.3) is 0 Å². The number of aromatic amines is 1. The van der Waals surface area contributed by atoms with E-state index in [1.807, 2.05) is 6.07 Å². The molecule has 0 amide bonds. The standard InChI is InChI=1S/C6H5NOS/c9-5-3-7-4-1-2-8-6(4)5/h1-3,7,9H. The third kappa shape index (κ3) is 0.580. The van der Waals surface area contributed by atoms with Crippen LogP contribution >= 0.6 is 12.6 Å². The van der Waals surface area contributed by atoms with E-state index >= 15 is 0 Å². The van der Waals surface area contributed by atoms with E-state index in [2.05, 4.69) is 17.6 Å². The lowest BCUT2D eigenvalue weighted by molar-refractivity contribution is 0.609. The maximum Gasteiger partial charge on any atom is 0.164 e. The lowest BCUT2D eigenvalue weighted by Crippen LogP contribution is -1.49. The maximum atomic E-state index is 5.08. The molecule has 0 aliphatic heterocycles. The zero-order chi connectivity index (χ0) is 6.27. The van der Waals surface area contributed by atoms with Crippen molar-refractivity contribution in [2.45, 2.75) is 4.90 Å². The van der Waals surface area contributed by atoms with E-state index in [1.165, 1.54) is 0 Å². The van der Waals surface area contributed by atoms with E-state index in [4.69, 9.17) is 4.42 Å². The van der Waals surface area contributed by atoms with Gasteiger partial charge in [-0.15, -0.1) is 12.6 Å². The second-order valence-electron chi connectivity index (χ2n) is 1.84. The van der Waals surface area contributed by atoms with Gasteiger partial charge in [0.15, 0.2) is 5.58 Å². The number of fused-ring (bicyclic) bond motifs is 1. The van der Waals surface area contributed by atoms with Crippen LogP contribution in [0, 0.1) is 0 Å². The minimum Gasteiger partial charge on any atom is -0.461 e. The molecule has 0 radical (unpaired) electrons. The van der Waals surface area contributed by atoms with Gasteiger partial charge in [-0.3, -0.25) is 0 Å². The van der Waals surface area contributed by atoms with Gasteiger partial charge in [0.2, 0.25) is 0 Å². The number of furan rings is 1. The first kappa shape index (κ1) is 4.99. The van der Waals surface area contributed by atoms with Crippen molar-refractivity contribution in [1.82, 2.24) is 4.98 Å². The van der Waals surface area contributed by atoms with E-state index in [-0.39, 0.29) is 0 Å². The van der Waals surface area contributed by atoms with Crippen molar-refractivity contribution < 1.29 is 4.42 Å². The Hall–Kier alpha value is -0.830. The Balaban J connectivity index is 2.99. The number of hydrogen-bond acceptors (Lipinski definition) is 2. The lowest BCUT2D eigenvalue weighted by Gasteiger charge is -1.75. The molecule has 0 fully saturated rings. The Bertz CT molecular complexity index is 322. The number of hydrogen-bond donors (Lipinski definition) is 2. The monoisotopic (exact) mass is 139 g/mol. The van der Waals surface area contributed by atoms with E-state index in [9.17, 15) is 0 Å². The zero-order valence-corrected chi connectivity index (χ0v) is 5.48. The van der Waals surface area contributed by atoms with Crippen LogP contribution in [0.15, 0.2) is 27.8 Å². The molecule has 0 bridgehead atoms. The third-order valence-corrected chi connectivity index (χ3v) is 1.59. The average molecular weight is 139 g/mol. The molecule has 2 heterocycles. The van der Waals surface area contributed by atoms with Crippen LogP contribution in [0.5, 0.6) is 0 Å². The Morgan fingerprint density at radius 3 is 3.22 bits per heavy atom. The fourth-order valence-electron chi connectivity index (χ4n) is 0.833. The van der Waals surface area contributed by atoms with Crippen LogP contribution in [-0.2, 0) is 0 Å². The molecule has 0 aromatic carbocycles. The quantitative estimate of drug-likeness (QED) is 0.537. The van der Waals surface area contributed by atoms with Crippen LogP contribution in [0.1, 0.15) is 0 Å². The molecule has 0 spiro atoms. The van der Waals surface area contributed by atoms with Crippen molar-refractivity contribution in [2.24, 2.45) is 0 Å². The Labute approximate surface area is 57.3 Å². The summed E-state index contributed by atoms with van der Waals surface area (Å²) in [6, 6.07) is 1.87. The summed E-state index contributed by atoms with van der Waals surface area (Å²) in [6.07, 6.45) is 3.44. The molecule has 9 heavy (non-hydrogen) atoms. The molecule has 46 valence electrons. The molecule has 0 saturated heterocycles. The molecule has 3 heteroatoms. The first-order valence-electron chi connectivity index (χ1n) is 2.61. The summed E-state index contributed by atoms with van der Waals surface area (Å²) in [6.45, 7) is 0. The van der Waals surface area contributed by atoms with Crippen LogP contribution < -0.4 is 0 Å². The van der Waals surface area contributed by atoms with Crippen molar-refractivity contribution in [3.63, 3.8) is 0 Å². The van der Waals surface area contributed by atoms with Gasteiger partial charge < -0.3 is 9.40 Å². The van der Waals surface area contributed by atoms with Gasteiger partial charge in [-0.05, 0) is 0 Å². The highest BCUT2D eigenvalue weighted by atomic mass is 32.1. The van der Waals surface area contributed by atoms with Gasteiger partial charge in [-0.25, -0.2) is 0 Å². The van der Waals surface area contributed by atoms with Crippen molar-refractivity contribution in [3.05, 3.63) is 18.5 Å². The van der Waals surface area contributed by atoms with Gasteiger partial charge in [0.1, 0.15) is 0 Å². The topological polar surface area (TPSA) is 28.9 Å². The van der Waals surface area contributed by atoms with Crippen molar-refractivity contribution in [3.8, 4) is 0 Å². The van der Waals surface area contributed by atoms with Gasteiger partial charge in [0.05, 0.1) is 16.7 Å². The molecule has 1 N–H and O–H groups in total. The van der Waals surface area contributed by atoms with E-state index in [0.29, 0.717) is 0 Å². The third-order valence-electron chi connectivity index (χ3n) is 1.26. The maximum absolute atomic E-state index is 5.08. The average Bonchev–Trinajstić information content (AvgIpc) is 2.35. The summed E-state index contributed by atoms with van der Waals surface area (Å²) in [5, 5.41) is 0. The van der Waals surface area contributed by atoms with E-state index in [1.54, 1.807) is 12.5 Å². The summed E-state index contributed by atoms with van der Waals surface area (Å²) in [7, 11) is 0. The summed E-state index contributed by atoms with van der Waals surface area (Å²) in [5.74, 6) is 0. The highest BCUT2D eigenvalue weighted by molar-refractivity contribution is 7.80. The van der Waals surface area contributed by atoms with Gasteiger partial charge in [-0.1, -0.05) is 0 Å². The fraction of sp³-hybridized carbons (Fsp3) is 0. The predicted molar refractivity (Wildman–Crippen MR) is 37.8 cm³/mol. The van der Waals surface area contributed by atoms with Crippen molar-refractivity contribution in [1.29, 1.82) is 0 Å². The van der Waals surface area contributed by atoms with Crippen molar-refractivity contribution >= 4 is 23.7 Å². The smallest absolute Gasteiger partial charge is 0.164 e. The number of rotatable bonds is 0. The molecular formula is C6H5NOS. The number of thiol groups is 1. The molecular weight excluding hydrogens is 134 g/mol. The fourth-order valence-corrected chi connectivity index (χ4v) is 1.07. The first-order valence-corrected chi connectivity index (χ1v) is 3.06. The number of H-pyrrole nitrogens is 1. The molecule has 2 aromatic heterocycles. The summed E-state index contributed by atoms with van der Waals surface area (Å²) >= 11 is 4.14. The lowest BCUT2D eigenvalue weighted by atomic mass is 10.5. The molecule has 0 saturated carbocycles. The van der Waals surface area contributed by atoms with Crippen LogP contribution in [-0.4, -0.2) is 4.98 Å². The second-order valence-corrected chi connectivity index (χ2v) is 2.32. The Kier molecular flexibility index (Phi) is 0.873. The molecule has 0 aliphatic carbocycles. The summed E-state index contributed by atoms with van der Waals surface area (Å²) < 4.78 is 5.08. The highest BCUT2D eigenvalue weighted by Gasteiger charge is 2.00. The summed E-state index contributed by atoms with van der Waals surface area (Å²) in [5.41, 5.74) is 1.83. The molecule has 2 nitrogen and oxygen atoms in total. The summed E-state index contributed by atoms with van der Waals surface area (Å²) in [4.78, 5) is 3.85. The Morgan fingerprint density at radius 2 is 2.44 bits per heavy atom. The minimum absolute atomic E-state index is 0.832. The SMILES string of the molecule is Sc1c[nH]c2ccoc12. The number of aromatic nitrogens is 1. The normalized spacial score (nSPS) is 10.8. The van der Waals surface area contributed by atoms with Gasteiger partial charge >= 0.3 is 0 Å². The van der Waals surface area contributed by atoms with E-state index < -0.39 is 0 Å².